The molecule has 0 spiro atoms. The molecular formula is C16H14N2O2. The van der Waals surface area contributed by atoms with Crippen LogP contribution in [-0.2, 0) is 29.0 Å². The molecule has 0 radical (unpaired) electrons. The molecule has 20 heavy (non-hydrogen) atoms. The Morgan fingerprint density at radius 3 is 3.15 bits per heavy atom. The van der Waals surface area contributed by atoms with E-state index in [4.69, 9.17) is 4.74 Å². The number of rotatable bonds is 1. The second kappa shape index (κ2) is 4.42. The minimum atomic E-state index is 0.0167. The lowest BCUT2D eigenvalue weighted by atomic mass is 9.93. The third-order valence-electron chi connectivity index (χ3n) is 3.92. The van der Waals surface area contributed by atoms with Gasteiger partial charge in [0.05, 0.1) is 19.6 Å². The van der Waals surface area contributed by atoms with Gasteiger partial charge in [0.15, 0.2) is 0 Å². The van der Waals surface area contributed by atoms with Gasteiger partial charge in [-0.25, -0.2) is 4.98 Å². The van der Waals surface area contributed by atoms with Crippen LogP contribution < -0.4 is 5.32 Å². The minimum absolute atomic E-state index is 0.0167. The van der Waals surface area contributed by atoms with Crippen LogP contribution in [0.5, 0.6) is 0 Å². The summed E-state index contributed by atoms with van der Waals surface area (Å²) in [6, 6.07) is 8.40. The van der Waals surface area contributed by atoms with E-state index in [-0.39, 0.29) is 5.91 Å². The van der Waals surface area contributed by atoms with Crippen molar-refractivity contribution < 1.29 is 9.53 Å². The number of nitrogens with one attached hydrogen (secondary N) is 1. The number of aromatic nitrogens is 1. The Morgan fingerprint density at radius 2 is 2.20 bits per heavy atom. The molecule has 0 aliphatic carbocycles. The molecular weight excluding hydrogens is 252 g/mol. The first-order valence-corrected chi connectivity index (χ1v) is 6.79. The summed E-state index contributed by atoms with van der Waals surface area (Å²) in [6.45, 7) is 1.44. The summed E-state index contributed by atoms with van der Waals surface area (Å²) in [5.41, 5.74) is 5.79. The summed E-state index contributed by atoms with van der Waals surface area (Å²) >= 11 is 0. The summed E-state index contributed by atoms with van der Waals surface area (Å²) < 4.78 is 5.58. The van der Waals surface area contributed by atoms with Gasteiger partial charge in [-0.15, -0.1) is 0 Å². The van der Waals surface area contributed by atoms with Crippen LogP contribution in [0.4, 0.5) is 5.82 Å². The Kier molecular flexibility index (Phi) is 2.57. The number of fused-ring (bicyclic) bond motifs is 2. The van der Waals surface area contributed by atoms with Gasteiger partial charge in [0.25, 0.3) is 0 Å². The van der Waals surface area contributed by atoms with Crippen molar-refractivity contribution in [3.05, 3.63) is 47.2 Å². The van der Waals surface area contributed by atoms with Crippen LogP contribution in [0.25, 0.3) is 11.1 Å². The molecule has 4 nitrogen and oxygen atoms in total. The van der Waals surface area contributed by atoms with Crippen LogP contribution in [-0.4, -0.2) is 17.5 Å². The van der Waals surface area contributed by atoms with E-state index in [2.05, 4.69) is 34.6 Å². The zero-order valence-corrected chi connectivity index (χ0v) is 11.0. The first-order valence-electron chi connectivity index (χ1n) is 6.79. The highest BCUT2D eigenvalue weighted by atomic mass is 16.5. The zero-order chi connectivity index (χ0) is 13.5. The second-order valence-corrected chi connectivity index (χ2v) is 5.20. The lowest BCUT2D eigenvalue weighted by molar-refractivity contribution is -0.115. The highest BCUT2D eigenvalue weighted by molar-refractivity contribution is 5.98. The van der Waals surface area contributed by atoms with Crippen molar-refractivity contribution in [2.75, 3.05) is 11.9 Å². The van der Waals surface area contributed by atoms with Gasteiger partial charge in [0.1, 0.15) is 5.82 Å². The van der Waals surface area contributed by atoms with Crippen molar-refractivity contribution in [3.63, 3.8) is 0 Å². The molecule has 2 aromatic rings. The van der Waals surface area contributed by atoms with Crippen molar-refractivity contribution in [2.24, 2.45) is 0 Å². The molecule has 0 saturated carbocycles. The van der Waals surface area contributed by atoms with Crippen LogP contribution in [0.2, 0.25) is 0 Å². The normalized spacial score (nSPS) is 16.5. The van der Waals surface area contributed by atoms with Gasteiger partial charge >= 0.3 is 0 Å². The average Bonchev–Trinajstić information content (AvgIpc) is 2.85. The van der Waals surface area contributed by atoms with Gasteiger partial charge in [-0.05, 0) is 29.2 Å². The number of nitrogens with zero attached hydrogens (tertiary/aromatic N) is 1. The number of carbonyl (C=O) groups excluding carboxylic acids is 1. The SMILES string of the molecule is O=C1Cc2cc(-c3cccc4c3COCC4)cnc2N1. The monoisotopic (exact) mass is 266 g/mol. The van der Waals surface area contributed by atoms with E-state index in [0.29, 0.717) is 18.8 Å². The standard InChI is InChI=1S/C16H14N2O2/c19-15-7-11-6-12(8-17-16(11)18-15)13-3-1-2-10-4-5-20-9-14(10)13/h1-3,6,8H,4-5,7,9H2,(H,17,18,19). The predicted molar refractivity (Wildman–Crippen MR) is 75.4 cm³/mol. The summed E-state index contributed by atoms with van der Waals surface area (Å²) in [6.07, 6.45) is 3.21. The van der Waals surface area contributed by atoms with Gasteiger partial charge in [-0.3, -0.25) is 4.79 Å². The molecule has 3 heterocycles. The molecule has 0 atom stereocenters. The van der Waals surface area contributed by atoms with Gasteiger partial charge in [0.2, 0.25) is 5.91 Å². The molecule has 0 fully saturated rings. The van der Waals surface area contributed by atoms with Crippen molar-refractivity contribution in [2.45, 2.75) is 19.4 Å². The van der Waals surface area contributed by atoms with Crippen LogP contribution in [0, 0.1) is 0 Å². The Morgan fingerprint density at radius 1 is 1.25 bits per heavy atom. The van der Waals surface area contributed by atoms with Gasteiger partial charge in [0, 0.05) is 17.3 Å². The van der Waals surface area contributed by atoms with E-state index >= 15 is 0 Å². The van der Waals surface area contributed by atoms with E-state index in [9.17, 15) is 4.79 Å². The quantitative estimate of drug-likeness (QED) is 0.861. The third kappa shape index (κ3) is 1.80. The highest BCUT2D eigenvalue weighted by Gasteiger charge is 2.21. The highest BCUT2D eigenvalue weighted by Crippen LogP contribution is 2.32. The Labute approximate surface area is 116 Å². The number of amides is 1. The number of carbonyl (C=O) groups is 1. The third-order valence-corrected chi connectivity index (χ3v) is 3.92. The summed E-state index contributed by atoms with van der Waals surface area (Å²) in [5.74, 6) is 0.711. The molecule has 2 aliphatic heterocycles. The molecule has 2 aliphatic rings. The Hall–Kier alpha value is -2.20. The fourth-order valence-electron chi connectivity index (χ4n) is 2.92. The lowest BCUT2D eigenvalue weighted by Crippen LogP contribution is -2.10. The molecule has 4 rings (SSSR count). The summed E-state index contributed by atoms with van der Waals surface area (Å²) in [5, 5.41) is 2.76. The summed E-state index contributed by atoms with van der Waals surface area (Å²) in [4.78, 5) is 15.8. The number of hydrogen-bond acceptors (Lipinski definition) is 3. The first-order chi connectivity index (χ1) is 9.81. The first kappa shape index (κ1) is 11.6. The van der Waals surface area contributed by atoms with Crippen LogP contribution >= 0.6 is 0 Å². The van der Waals surface area contributed by atoms with Crippen molar-refractivity contribution >= 4 is 11.7 Å². The number of benzene rings is 1. The Bertz CT molecular complexity index is 710. The number of hydrogen-bond donors (Lipinski definition) is 1. The van der Waals surface area contributed by atoms with Crippen molar-refractivity contribution in [1.29, 1.82) is 0 Å². The molecule has 1 aromatic heterocycles. The van der Waals surface area contributed by atoms with Crippen LogP contribution in [0.15, 0.2) is 30.5 Å². The van der Waals surface area contributed by atoms with Crippen molar-refractivity contribution in [3.8, 4) is 11.1 Å². The number of ether oxygens (including phenoxy) is 1. The van der Waals surface area contributed by atoms with Crippen LogP contribution in [0.3, 0.4) is 0 Å². The molecule has 0 unspecified atom stereocenters. The molecule has 1 amide bonds. The predicted octanol–water partition coefficient (Wildman–Crippen LogP) is 2.32. The second-order valence-electron chi connectivity index (χ2n) is 5.20. The van der Waals surface area contributed by atoms with E-state index in [1.54, 1.807) is 0 Å². The van der Waals surface area contributed by atoms with Gasteiger partial charge in [-0.1, -0.05) is 18.2 Å². The zero-order valence-electron chi connectivity index (χ0n) is 11.0. The molecule has 1 aromatic carbocycles. The van der Waals surface area contributed by atoms with E-state index in [1.807, 2.05) is 6.20 Å². The lowest BCUT2D eigenvalue weighted by Gasteiger charge is -2.20. The number of pyridine rings is 1. The Balaban J connectivity index is 1.82. The fourth-order valence-corrected chi connectivity index (χ4v) is 2.92. The fraction of sp³-hybridized carbons (Fsp3) is 0.250. The molecule has 0 bridgehead atoms. The minimum Gasteiger partial charge on any atom is -0.376 e. The molecule has 1 N–H and O–H groups in total. The maximum atomic E-state index is 11.4. The summed E-state index contributed by atoms with van der Waals surface area (Å²) in [7, 11) is 0. The largest absolute Gasteiger partial charge is 0.376 e. The van der Waals surface area contributed by atoms with E-state index in [1.165, 1.54) is 11.1 Å². The van der Waals surface area contributed by atoms with Crippen LogP contribution in [0.1, 0.15) is 16.7 Å². The average molecular weight is 266 g/mol. The van der Waals surface area contributed by atoms with Gasteiger partial charge < -0.3 is 10.1 Å². The molecule has 0 saturated heterocycles. The topological polar surface area (TPSA) is 51.2 Å². The smallest absolute Gasteiger partial charge is 0.230 e. The number of anilines is 1. The van der Waals surface area contributed by atoms with E-state index in [0.717, 1.165) is 29.7 Å². The maximum absolute atomic E-state index is 11.4. The molecule has 100 valence electrons. The maximum Gasteiger partial charge on any atom is 0.230 e. The van der Waals surface area contributed by atoms with E-state index < -0.39 is 0 Å². The van der Waals surface area contributed by atoms with Crippen molar-refractivity contribution in [1.82, 2.24) is 4.98 Å². The molecule has 4 heteroatoms. The van der Waals surface area contributed by atoms with Gasteiger partial charge in [-0.2, -0.15) is 0 Å².